The monoisotopic (exact) mass is 287 g/mol. The Kier molecular flexibility index (Phi) is 3.88. The van der Waals surface area contributed by atoms with Crippen molar-refractivity contribution in [1.29, 1.82) is 0 Å². The van der Waals surface area contributed by atoms with Crippen molar-refractivity contribution in [3.8, 4) is 5.69 Å². The number of aldehydes is 1. The van der Waals surface area contributed by atoms with Gasteiger partial charge in [-0.3, -0.25) is 9.59 Å². The third kappa shape index (κ3) is 3.16. The van der Waals surface area contributed by atoms with Gasteiger partial charge in [-0.2, -0.15) is 0 Å². The second-order valence-corrected chi connectivity index (χ2v) is 5.84. The Morgan fingerprint density at radius 3 is 2.38 bits per heavy atom. The number of carboxylic acid groups (broad SMARTS) is 1. The van der Waals surface area contributed by atoms with E-state index in [1.807, 2.05) is 20.8 Å². The summed E-state index contributed by atoms with van der Waals surface area (Å²) in [5.74, 6) is -0.873. The Bertz CT molecular complexity index is 666. The third-order valence-corrected chi connectivity index (χ3v) is 3.05. The lowest BCUT2D eigenvalue weighted by molar-refractivity contribution is -0.136. The quantitative estimate of drug-likeness (QED) is 0.869. The highest BCUT2D eigenvalue weighted by Crippen LogP contribution is 2.26. The summed E-state index contributed by atoms with van der Waals surface area (Å²) < 4.78 is 1.62. The first kappa shape index (κ1) is 14.9. The molecule has 0 aliphatic heterocycles. The minimum atomic E-state index is -0.873. The third-order valence-electron chi connectivity index (χ3n) is 3.05. The van der Waals surface area contributed by atoms with Crippen LogP contribution < -0.4 is 0 Å². The molecule has 1 aromatic heterocycles. The average molecular weight is 287 g/mol. The van der Waals surface area contributed by atoms with Crippen LogP contribution >= 0.6 is 0 Å². The van der Waals surface area contributed by atoms with Crippen molar-refractivity contribution in [2.24, 2.45) is 0 Å². The number of rotatable bonds is 4. The summed E-state index contributed by atoms with van der Waals surface area (Å²) in [6.07, 6.45) is 0.673. The van der Waals surface area contributed by atoms with Gasteiger partial charge in [-0.15, -0.1) is 5.10 Å². The first-order valence-electron chi connectivity index (χ1n) is 6.55. The fourth-order valence-electron chi connectivity index (χ4n) is 2.19. The summed E-state index contributed by atoms with van der Waals surface area (Å²) in [6, 6.07) is 7.02. The number of aromatic nitrogens is 3. The van der Waals surface area contributed by atoms with Crippen LogP contribution in [-0.4, -0.2) is 32.4 Å². The molecular weight excluding hydrogens is 270 g/mol. The lowest BCUT2D eigenvalue weighted by atomic mass is 9.90. The maximum absolute atomic E-state index is 11.1. The minimum absolute atomic E-state index is 0.0245. The molecule has 0 atom stereocenters. The fourth-order valence-corrected chi connectivity index (χ4v) is 2.19. The van der Waals surface area contributed by atoms with Crippen LogP contribution in [0.15, 0.2) is 24.3 Å². The van der Waals surface area contributed by atoms with Gasteiger partial charge in [-0.05, 0) is 17.7 Å². The number of carbonyl (C=O) groups is 2. The van der Waals surface area contributed by atoms with Crippen molar-refractivity contribution in [1.82, 2.24) is 15.0 Å². The molecule has 0 fully saturated rings. The molecule has 2 rings (SSSR count). The Morgan fingerprint density at radius 1 is 1.29 bits per heavy atom. The maximum Gasteiger partial charge on any atom is 0.307 e. The lowest BCUT2D eigenvalue weighted by Gasteiger charge is -2.20. The lowest BCUT2D eigenvalue weighted by Crippen LogP contribution is -2.19. The predicted molar refractivity (Wildman–Crippen MR) is 76.8 cm³/mol. The molecular formula is C15H17N3O3. The Balaban J connectivity index is 2.45. The van der Waals surface area contributed by atoms with Crippen LogP contribution in [-0.2, 0) is 16.6 Å². The average Bonchev–Trinajstić information content (AvgIpc) is 2.82. The molecule has 0 bridgehead atoms. The van der Waals surface area contributed by atoms with Crippen molar-refractivity contribution >= 4 is 12.3 Å². The maximum atomic E-state index is 11.1. The summed E-state index contributed by atoms with van der Waals surface area (Å²) >= 11 is 0. The van der Waals surface area contributed by atoms with Gasteiger partial charge in [-0.25, -0.2) is 4.68 Å². The minimum Gasteiger partial charge on any atom is -0.481 e. The molecule has 6 nitrogen and oxygen atoms in total. The summed E-state index contributed by atoms with van der Waals surface area (Å²) in [7, 11) is 0. The zero-order valence-electron chi connectivity index (χ0n) is 12.2. The molecule has 110 valence electrons. The van der Waals surface area contributed by atoms with E-state index in [0.717, 1.165) is 11.4 Å². The van der Waals surface area contributed by atoms with Gasteiger partial charge in [0.25, 0.3) is 0 Å². The van der Waals surface area contributed by atoms with Gasteiger partial charge in [-0.1, -0.05) is 38.1 Å². The van der Waals surface area contributed by atoms with E-state index in [-0.39, 0.29) is 11.8 Å². The number of nitrogens with zero attached hydrogens (tertiary/aromatic N) is 3. The molecule has 0 unspecified atom stereocenters. The van der Waals surface area contributed by atoms with Crippen LogP contribution in [0.2, 0.25) is 0 Å². The van der Waals surface area contributed by atoms with Crippen LogP contribution in [0, 0.1) is 0 Å². The van der Waals surface area contributed by atoms with Gasteiger partial charge in [0.05, 0.1) is 17.8 Å². The highest BCUT2D eigenvalue weighted by molar-refractivity contribution is 5.74. The van der Waals surface area contributed by atoms with E-state index in [0.29, 0.717) is 17.5 Å². The van der Waals surface area contributed by atoms with Crippen LogP contribution in [0.3, 0.4) is 0 Å². The van der Waals surface area contributed by atoms with Crippen molar-refractivity contribution < 1.29 is 14.7 Å². The van der Waals surface area contributed by atoms with Crippen molar-refractivity contribution in [3.63, 3.8) is 0 Å². The zero-order chi connectivity index (χ0) is 15.6. The Hall–Kier alpha value is -2.50. The number of aliphatic carboxylic acids is 1. The number of hydrogen-bond donors (Lipinski definition) is 1. The zero-order valence-corrected chi connectivity index (χ0v) is 12.2. The number of carbonyl (C=O) groups excluding carboxylic acids is 1. The van der Waals surface area contributed by atoms with Gasteiger partial charge in [0.1, 0.15) is 5.69 Å². The molecule has 0 aliphatic rings. The van der Waals surface area contributed by atoms with Crippen molar-refractivity contribution in [2.45, 2.75) is 32.6 Å². The standard InChI is InChI=1S/C15H17N3O3/c1-15(2,3)14-12(9-19)16-17-18(14)11-6-4-10(5-7-11)8-13(20)21/h4-7,9H,8H2,1-3H3,(H,20,21). The topological polar surface area (TPSA) is 85.1 Å². The molecule has 6 heteroatoms. The van der Waals surface area contributed by atoms with Gasteiger partial charge < -0.3 is 5.11 Å². The van der Waals surface area contributed by atoms with Crippen LogP contribution in [0.5, 0.6) is 0 Å². The molecule has 0 amide bonds. The molecule has 1 N–H and O–H groups in total. The fraction of sp³-hybridized carbons (Fsp3) is 0.333. The molecule has 1 aromatic carbocycles. The Morgan fingerprint density at radius 2 is 1.90 bits per heavy atom. The second kappa shape index (κ2) is 5.47. The summed E-state index contributed by atoms with van der Waals surface area (Å²) in [5.41, 5.74) is 2.20. The highest BCUT2D eigenvalue weighted by Gasteiger charge is 2.25. The first-order chi connectivity index (χ1) is 9.82. The molecule has 0 radical (unpaired) electrons. The van der Waals surface area contributed by atoms with Crippen LogP contribution in [0.25, 0.3) is 5.69 Å². The molecule has 0 spiro atoms. The van der Waals surface area contributed by atoms with Gasteiger partial charge >= 0.3 is 5.97 Å². The molecule has 0 aliphatic carbocycles. The number of benzene rings is 1. The summed E-state index contributed by atoms with van der Waals surface area (Å²) in [5, 5.41) is 16.7. The van der Waals surface area contributed by atoms with Crippen LogP contribution in [0.4, 0.5) is 0 Å². The van der Waals surface area contributed by atoms with E-state index in [1.54, 1.807) is 28.9 Å². The van der Waals surface area contributed by atoms with Crippen molar-refractivity contribution in [2.75, 3.05) is 0 Å². The van der Waals surface area contributed by atoms with E-state index >= 15 is 0 Å². The van der Waals surface area contributed by atoms with E-state index < -0.39 is 5.97 Å². The van der Waals surface area contributed by atoms with E-state index in [9.17, 15) is 9.59 Å². The van der Waals surface area contributed by atoms with Gasteiger partial charge in [0.2, 0.25) is 0 Å². The summed E-state index contributed by atoms with van der Waals surface area (Å²) in [4.78, 5) is 21.8. The normalized spacial score (nSPS) is 11.4. The number of hydrogen-bond acceptors (Lipinski definition) is 4. The van der Waals surface area contributed by atoms with Gasteiger partial charge in [0.15, 0.2) is 6.29 Å². The van der Waals surface area contributed by atoms with E-state index in [1.165, 1.54) is 0 Å². The number of carboxylic acids is 1. The molecule has 21 heavy (non-hydrogen) atoms. The summed E-state index contributed by atoms with van der Waals surface area (Å²) in [6.45, 7) is 5.94. The smallest absolute Gasteiger partial charge is 0.307 e. The second-order valence-electron chi connectivity index (χ2n) is 5.84. The Labute approximate surface area is 122 Å². The molecule has 0 saturated carbocycles. The van der Waals surface area contributed by atoms with Crippen LogP contribution in [0.1, 0.15) is 42.5 Å². The van der Waals surface area contributed by atoms with Gasteiger partial charge in [0, 0.05) is 5.41 Å². The molecule has 1 heterocycles. The van der Waals surface area contributed by atoms with E-state index in [2.05, 4.69) is 10.3 Å². The van der Waals surface area contributed by atoms with E-state index in [4.69, 9.17) is 5.11 Å². The molecule has 0 saturated heterocycles. The highest BCUT2D eigenvalue weighted by atomic mass is 16.4. The predicted octanol–water partition coefficient (Wildman–Crippen LogP) is 2.00. The van der Waals surface area contributed by atoms with Crippen molar-refractivity contribution in [3.05, 3.63) is 41.2 Å². The SMILES string of the molecule is CC(C)(C)c1c(C=O)nnn1-c1ccc(CC(=O)O)cc1. The first-order valence-corrected chi connectivity index (χ1v) is 6.55. The largest absolute Gasteiger partial charge is 0.481 e. The molecule has 2 aromatic rings.